The highest BCUT2D eigenvalue weighted by atomic mass is 16.2. The van der Waals surface area contributed by atoms with E-state index in [-0.39, 0.29) is 11.8 Å². The summed E-state index contributed by atoms with van der Waals surface area (Å²) in [5.74, 6) is 0.951. The Morgan fingerprint density at radius 2 is 1.71 bits per heavy atom. The lowest BCUT2D eigenvalue weighted by Gasteiger charge is -2.21. The minimum absolute atomic E-state index is 0.104. The van der Waals surface area contributed by atoms with Gasteiger partial charge in [0.25, 0.3) is 5.91 Å². The molecule has 3 heterocycles. The number of benzene rings is 1. The number of para-hydroxylation sites is 2. The predicted octanol–water partition coefficient (Wildman–Crippen LogP) is 3.20. The van der Waals surface area contributed by atoms with Crippen LogP contribution in [-0.4, -0.2) is 50.9 Å². The quantitative estimate of drug-likeness (QED) is 0.597. The van der Waals surface area contributed by atoms with Gasteiger partial charge in [-0.05, 0) is 43.5 Å². The Hall–Kier alpha value is -3.22. The van der Waals surface area contributed by atoms with Crippen LogP contribution in [0.25, 0.3) is 11.0 Å². The molecule has 31 heavy (non-hydrogen) atoms. The van der Waals surface area contributed by atoms with Gasteiger partial charge in [0.15, 0.2) is 0 Å². The van der Waals surface area contributed by atoms with E-state index >= 15 is 0 Å². The number of aromatic nitrogens is 3. The third-order valence-corrected chi connectivity index (χ3v) is 5.79. The third kappa shape index (κ3) is 5.29. The summed E-state index contributed by atoms with van der Waals surface area (Å²) in [6.07, 6.45) is 9.23. The lowest BCUT2D eigenvalue weighted by molar-refractivity contribution is -0.131. The first-order valence-electron chi connectivity index (χ1n) is 11.1. The van der Waals surface area contributed by atoms with Crippen molar-refractivity contribution in [1.82, 2.24) is 24.8 Å². The number of imidazole rings is 1. The predicted molar refractivity (Wildman–Crippen MR) is 120 cm³/mol. The molecule has 7 heteroatoms. The second-order valence-electron chi connectivity index (χ2n) is 7.99. The SMILES string of the molecule is O=C(NCCCc1nc2ccccc2n1CC(=O)N1CCCCCC1)c1ccncc1. The number of likely N-dealkylation sites (tertiary alicyclic amines) is 1. The summed E-state index contributed by atoms with van der Waals surface area (Å²) in [5.41, 5.74) is 2.49. The molecule has 1 fully saturated rings. The molecule has 0 aliphatic carbocycles. The van der Waals surface area contributed by atoms with E-state index in [2.05, 4.69) is 10.3 Å². The van der Waals surface area contributed by atoms with Crippen LogP contribution in [0.4, 0.5) is 0 Å². The summed E-state index contributed by atoms with van der Waals surface area (Å²) < 4.78 is 2.05. The van der Waals surface area contributed by atoms with Gasteiger partial charge in [0.1, 0.15) is 12.4 Å². The van der Waals surface area contributed by atoms with Crippen molar-refractivity contribution in [2.45, 2.75) is 45.1 Å². The molecule has 162 valence electrons. The molecule has 7 nitrogen and oxygen atoms in total. The van der Waals surface area contributed by atoms with Gasteiger partial charge in [0.2, 0.25) is 5.91 Å². The van der Waals surface area contributed by atoms with Crippen molar-refractivity contribution >= 4 is 22.8 Å². The first-order chi connectivity index (χ1) is 15.2. The number of fused-ring (bicyclic) bond motifs is 1. The van der Waals surface area contributed by atoms with Crippen molar-refractivity contribution in [2.24, 2.45) is 0 Å². The number of carbonyl (C=O) groups is 2. The number of carbonyl (C=O) groups excluding carboxylic acids is 2. The Bertz CT molecular complexity index is 1020. The maximum absolute atomic E-state index is 13.0. The van der Waals surface area contributed by atoms with Crippen LogP contribution in [0.1, 0.15) is 48.3 Å². The van der Waals surface area contributed by atoms with Crippen LogP contribution < -0.4 is 5.32 Å². The zero-order valence-electron chi connectivity index (χ0n) is 17.8. The first-order valence-corrected chi connectivity index (χ1v) is 11.1. The molecule has 1 N–H and O–H groups in total. The normalized spacial score (nSPS) is 14.4. The Labute approximate surface area is 182 Å². The molecule has 0 saturated carbocycles. The van der Waals surface area contributed by atoms with Crippen LogP contribution in [0.15, 0.2) is 48.8 Å². The van der Waals surface area contributed by atoms with E-state index in [1.807, 2.05) is 33.7 Å². The molecule has 0 spiro atoms. The lowest BCUT2D eigenvalue weighted by Crippen LogP contribution is -2.35. The summed E-state index contributed by atoms with van der Waals surface area (Å²) in [7, 11) is 0. The van der Waals surface area contributed by atoms with Gasteiger partial charge in [-0.1, -0.05) is 25.0 Å². The minimum atomic E-state index is -0.104. The Morgan fingerprint density at radius 3 is 2.48 bits per heavy atom. The van der Waals surface area contributed by atoms with E-state index in [0.717, 1.165) is 49.2 Å². The Morgan fingerprint density at radius 1 is 0.968 bits per heavy atom. The summed E-state index contributed by atoms with van der Waals surface area (Å²) >= 11 is 0. The highest BCUT2D eigenvalue weighted by Crippen LogP contribution is 2.18. The molecule has 1 aromatic carbocycles. The molecule has 1 aliphatic rings. The topological polar surface area (TPSA) is 80.1 Å². The maximum atomic E-state index is 13.0. The van der Waals surface area contributed by atoms with Gasteiger partial charge in [0, 0.05) is 44.0 Å². The fraction of sp³-hybridized carbons (Fsp3) is 0.417. The first kappa shape index (κ1) is 21.0. The molecule has 2 amide bonds. The van der Waals surface area contributed by atoms with Gasteiger partial charge in [-0.2, -0.15) is 0 Å². The van der Waals surface area contributed by atoms with E-state index in [1.54, 1.807) is 24.5 Å². The number of rotatable bonds is 7. The maximum Gasteiger partial charge on any atom is 0.251 e. The largest absolute Gasteiger partial charge is 0.352 e. The molecule has 0 atom stereocenters. The minimum Gasteiger partial charge on any atom is -0.352 e. The highest BCUT2D eigenvalue weighted by molar-refractivity contribution is 5.93. The van der Waals surface area contributed by atoms with Crippen molar-refractivity contribution in [2.75, 3.05) is 19.6 Å². The van der Waals surface area contributed by atoms with E-state index in [9.17, 15) is 9.59 Å². The number of hydrogen-bond donors (Lipinski definition) is 1. The van der Waals surface area contributed by atoms with Gasteiger partial charge >= 0.3 is 0 Å². The van der Waals surface area contributed by atoms with E-state index < -0.39 is 0 Å². The van der Waals surface area contributed by atoms with Crippen LogP contribution >= 0.6 is 0 Å². The third-order valence-electron chi connectivity index (χ3n) is 5.79. The summed E-state index contributed by atoms with van der Waals surface area (Å²) in [6, 6.07) is 11.3. The van der Waals surface area contributed by atoms with Crippen LogP contribution in [0, 0.1) is 0 Å². The van der Waals surface area contributed by atoms with Crippen LogP contribution in [-0.2, 0) is 17.8 Å². The molecule has 0 bridgehead atoms. The second kappa shape index (κ2) is 10.2. The smallest absolute Gasteiger partial charge is 0.251 e. The fourth-order valence-electron chi connectivity index (χ4n) is 4.10. The fourth-order valence-corrected chi connectivity index (χ4v) is 4.10. The lowest BCUT2D eigenvalue weighted by atomic mass is 10.2. The van der Waals surface area contributed by atoms with Crippen LogP contribution in [0.3, 0.4) is 0 Å². The molecular weight excluding hydrogens is 390 g/mol. The monoisotopic (exact) mass is 419 g/mol. The number of pyridine rings is 1. The van der Waals surface area contributed by atoms with Gasteiger partial charge in [-0.3, -0.25) is 14.6 Å². The van der Waals surface area contributed by atoms with E-state index in [1.165, 1.54) is 12.8 Å². The molecule has 3 aromatic rings. The molecule has 0 radical (unpaired) electrons. The summed E-state index contributed by atoms with van der Waals surface area (Å²) in [6.45, 7) is 2.56. The van der Waals surface area contributed by atoms with Crippen LogP contribution in [0.5, 0.6) is 0 Å². The Kier molecular flexibility index (Phi) is 6.92. The standard InChI is InChI=1S/C24H29N5O2/c30-23(28-16-5-1-2-6-17-28)18-29-21-9-4-3-8-20(21)27-22(29)10-7-13-26-24(31)19-11-14-25-15-12-19/h3-4,8-9,11-12,14-15H,1-2,5-7,10,13,16-18H2,(H,26,31). The number of nitrogens with one attached hydrogen (secondary N) is 1. The zero-order valence-corrected chi connectivity index (χ0v) is 17.8. The Balaban J connectivity index is 1.41. The highest BCUT2D eigenvalue weighted by Gasteiger charge is 2.19. The van der Waals surface area contributed by atoms with Crippen molar-refractivity contribution < 1.29 is 9.59 Å². The zero-order chi connectivity index (χ0) is 21.5. The summed E-state index contributed by atoms with van der Waals surface area (Å²) in [5, 5.41) is 2.94. The number of aryl methyl sites for hydroxylation is 1. The van der Waals surface area contributed by atoms with Crippen molar-refractivity contribution in [3.8, 4) is 0 Å². The van der Waals surface area contributed by atoms with Crippen molar-refractivity contribution in [1.29, 1.82) is 0 Å². The number of amides is 2. The van der Waals surface area contributed by atoms with Crippen molar-refractivity contribution in [3.05, 3.63) is 60.2 Å². The average Bonchev–Trinajstić information content (AvgIpc) is 2.96. The van der Waals surface area contributed by atoms with Gasteiger partial charge in [0.05, 0.1) is 11.0 Å². The van der Waals surface area contributed by atoms with Crippen molar-refractivity contribution in [3.63, 3.8) is 0 Å². The molecular formula is C24H29N5O2. The van der Waals surface area contributed by atoms with Crippen LogP contribution in [0.2, 0.25) is 0 Å². The molecule has 1 saturated heterocycles. The molecule has 0 unspecified atom stereocenters. The molecule has 1 aliphatic heterocycles. The van der Waals surface area contributed by atoms with E-state index in [0.29, 0.717) is 25.1 Å². The number of nitrogens with zero attached hydrogens (tertiary/aromatic N) is 4. The molecule has 4 rings (SSSR count). The average molecular weight is 420 g/mol. The summed E-state index contributed by atoms with van der Waals surface area (Å²) in [4.78, 5) is 35.9. The van der Waals surface area contributed by atoms with E-state index in [4.69, 9.17) is 4.98 Å². The molecule has 2 aromatic heterocycles. The van der Waals surface area contributed by atoms with Gasteiger partial charge in [-0.25, -0.2) is 4.98 Å². The second-order valence-corrected chi connectivity index (χ2v) is 7.99. The van der Waals surface area contributed by atoms with Gasteiger partial charge in [-0.15, -0.1) is 0 Å². The van der Waals surface area contributed by atoms with Gasteiger partial charge < -0.3 is 14.8 Å². The number of hydrogen-bond acceptors (Lipinski definition) is 4.